The molecule has 0 fully saturated rings. The van der Waals surface area contributed by atoms with Gasteiger partial charge in [-0.25, -0.2) is 0 Å². The molecular formula is C15H17O3P. The van der Waals surface area contributed by atoms with E-state index in [9.17, 15) is 14.6 Å². The van der Waals surface area contributed by atoms with Gasteiger partial charge in [0.1, 0.15) is 0 Å². The normalized spacial score (nSPS) is 15.7. The van der Waals surface area contributed by atoms with E-state index in [4.69, 9.17) is 0 Å². The fourth-order valence-corrected chi connectivity index (χ4v) is 3.38. The summed E-state index contributed by atoms with van der Waals surface area (Å²) in [5, 5.41) is 10.0. The van der Waals surface area contributed by atoms with Crippen molar-refractivity contribution in [2.45, 2.75) is 12.3 Å². The molecule has 0 amide bonds. The second kappa shape index (κ2) is 6.16. The van der Waals surface area contributed by atoms with Crippen molar-refractivity contribution >= 4 is 7.37 Å². The third kappa shape index (κ3) is 3.77. The molecule has 4 heteroatoms. The zero-order valence-electron chi connectivity index (χ0n) is 10.5. The molecule has 2 aromatic carbocycles. The maximum absolute atomic E-state index is 12.2. The van der Waals surface area contributed by atoms with Crippen LogP contribution in [0, 0.1) is 0 Å². The van der Waals surface area contributed by atoms with Gasteiger partial charge in [0.15, 0.2) is 5.85 Å². The van der Waals surface area contributed by atoms with Crippen LogP contribution in [-0.4, -0.2) is 16.2 Å². The second-order valence-corrected chi connectivity index (χ2v) is 6.95. The van der Waals surface area contributed by atoms with Crippen molar-refractivity contribution in [2.24, 2.45) is 0 Å². The summed E-state index contributed by atoms with van der Waals surface area (Å²) in [6, 6.07) is 18.1. The van der Waals surface area contributed by atoms with Crippen LogP contribution in [0.3, 0.4) is 0 Å². The van der Waals surface area contributed by atoms with Gasteiger partial charge >= 0.3 is 0 Å². The molecule has 0 aliphatic carbocycles. The van der Waals surface area contributed by atoms with Crippen molar-refractivity contribution in [3.05, 3.63) is 71.8 Å². The summed E-state index contributed by atoms with van der Waals surface area (Å²) in [5.41, 5.74) is 1.48. The Balaban J connectivity index is 2.04. The molecule has 1 unspecified atom stereocenters. The Kier molecular flexibility index (Phi) is 4.54. The van der Waals surface area contributed by atoms with Crippen LogP contribution in [-0.2, 0) is 11.0 Å². The third-order valence-corrected chi connectivity index (χ3v) is 4.97. The lowest BCUT2D eigenvalue weighted by atomic mass is 10.2. The zero-order chi connectivity index (χ0) is 13.7. The zero-order valence-corrected chi connectivity index (χ0v) is 11.4. The van der Waals surface area contributed by atoms with E-state index in [1.54, 1.807) is 24.3 Å². The summed E-state index contributed by atoms with van der Waals surface area (Å²) in [5.74, 6) is -1.31. The minimum Gasteiger partial charge on any atom is -0.378 e. The molecule has 2 aromatic rings. The highest BCUT2D eigenvalue weighted by atomic mass is 31.2. The van der Waals surface area contributed by atoms with Gasteiger partial charge in [0.05, 0.1) is 0 Å². The summed E-state index contributed by atoms with van der Waals surface area (Å²) in [7, 11) is -3.62. The van der Waals surface area contributed by atoms with Gasteiger partial charge in [-0.2, -0.15) is 0 Å². The Morgan fingerprint density at radius 3 is 2.05 bits per heavy atom. The Morgan fingerprint density at radius 2 is 1.47 bits per heavy atom. The van der Waals surface area contributed by atoms with Gasteiger partial charge < -0.3 is 10.00 Å². The molecule has 2 N–H and O–H groups in total. The predicted molar refractivity (Wildman–Crippen MR) is 76.2 cm³/mol. The van der Waals surface area contributed by atoms with E-state index in [0.717, 1.165) is 5.56 Å². The molecule has 0 saturated carbocycles. The quantitative estimate of drug-likeness (QED) is 0.824. The standard InChI is InChI=1S/C15H17O3P/c16-15(14-9-5-2-6-10-14)19(17,18)12-11-13-7-3-1-4-8-13/h1-10,15-16H,11-12H2,(H,17,18)/t15-/m0/s1. The van der Waals surface area contributed by atoms with Crippen LogP contribution in [0.5, 0.6) is 0 Å². The number of aliphatic hydroxyl groups is 1. The molecule has 0 aromatic heterocycles. The second-order valence-electron chi connectivity index (χ2n) is 4.50. The summed E-state index contributed by atoms with van der Waals surface area (Å²) in [4.78, 5) is 10.0. The highest BCUT2D eigenvalue weighted by molar-refractivity contribution is 7.58. The summed E-state index contributed by atoms with van der Waals surface area (Å²) in [6.45, 7) is 0. The Labute approximate surface area is 113 Å². The lowest BCUT2D eigenvalue weighted by molar-refractivity contribution is 0.234. The topological polar surface area (TPSA) is 57.5 Å². The number of aliphatic hydroxyl groups excluding tert-OH is 1. The van der Waals surface area contributed by atoms with Crippen LogP contribution in [0.15, 0.2) is 60.7 Å². The molecule has 0 heterocycles. The van der Waals surface area contributed by atoms with Gasteiger partial charge in [-0.1, -0.05) is 60.7 Å². The van der Waals surface area contributed by atoms with Gasteiger partial charge in [-0.05, 0) is 17.5 Å². The van der Waals surface area contributed by atoms with Crippen molar-refractivity contribution in [2.75, 3.05) is 6.16 Å². The van der Waals surface area contributed by atoms with Crippen molar-refractivity contribution in [1.29, 1.82) is 0 Å². The van der Waals surface area contributed by atoms with E-state index in [2.05, 4.69) is 0 Å². The number of aryl methyl sites for hydroxylation is 1. The van der Waals surface area contributed by atoms with Crippen molar-refractivity contribution in [3.8, 4) is 0 Å². The molecule has 0 bridgehead atoms. The first-order chi connectivity index (χ1) is 9.09. The first-order valence-corrected chi connectivity index (χ1v) is 8.09. The van der Waals surface area contributed by atoms with Crippen molar-refractivity contribution < 1.29 is 14.6 Å². The van der Waals surface area contributed by atoms with E-state index >= 15 is 0 Å². The van der Waals surface area contributed by atoms with Crippen LogP contribution in [0.2, 0.25) is 0 Å². The summed E-state index contributed by atoms with van der Waals surface area (Å²) >= 11 is 0. The van der Waals surface area contributed by atoms with Crippen LogP contribution < -0.4 is 0 Å². The van der Waals surface area contributed by atoms with Gasteiger partial charge in [-0.15, -0.1) is 0 Å². The largest absolute Gasteiger partial charge is 0.378 e. The molecule has 2 atom stereocenters. The number of hydrogen-bond donors (Lipinski definition) is 2. The molecule has 0 spiro atoms. The number of benzene rings is 2. The molecule has 0 saturated heterocycles. The average molecular weight is 276 g/mol. The summed E-state index contributed by atoms with van der Waals surface area (Å²) < 4.78 is 12.2. The molecule has 19 heavy (non-hydrogen) atoms. The molecular weight excluding hydrogens is 259 g/mol. The first-order valence-electron chi connectivity index (χ1n) is 6.18. The van der Waals surface area contributed by atoms with E-state index in [1.165, 1.54) is 0 Å². The maximum atomic E-state index is 12.2. The van der Waals surface area contributed by atoms with Crippen molar-refractivity contribution in [1.82, 2.24) is 0 Å². The molecule has 0 aliphatic rings. The minimum atomic E-state index is -3.62. The van der Waals surface area contributed by atoms with Crippen LogP contribution in [0.1, 0.15) is 17.0 Å². The lowest BCUT2D eigenvalue weighted by Crippen LogP contribution is -2.04. The fraction of sp³-hybridized carbons (Fsp3) is 0.200. The highest BCUT2D eigenvalue weighted by Crippen LogP contribution is 2.54. The third-order valence-electron chi connectivity index (χ3n) is 3.04. The Morgan fingerprint density at radius 1 is 0.947 bits per heavy atom. The van der Waals surface area contributed by atoms with E-state index in [-0.39, 0.29) is 6.16 Å². The minimum absolute atomic E-state index is 0.0765. The lowest BCUT2D eigenvalue weighted by Gasteiger charge is -2.18. The van der Waals surface area contributed by atoms with Crippen molar-refractivity contribution in [3.63, 3.8) is 0 Å². The fourth-order valence-electron chi connectivity index (χ4n) is 1.91. The van der Waals surface area contributed by atoms with Gasteiger partial charge in [-0.3, -0.25) is 4.57 Å². The van der Waals surface area contributed by atoms with Gasteiger partial charge in [0.25, 0.3) is 0 Å². The average Bonchev–Trinajstić information content (AvgIpc) is 2.46. The van der Waals surface area contributed by atoms with E-state index < -0.39 is 13.2 Å². The maximum Gasteiger partial charge on any atom is 0.232 e. The highest BCUT2D eigenvalue weighted by Gasteiger charge is 2.29. The van der Waals surface area contributed by atoms with E-state index in [0.29, 0.717) is 12.0 Å². The SMILES string of the molecule is O=P(O)(CCc1ccccc1)[C@H](O)c1ccccc1. The van der Waals surface area contributed by atoms with Crippen LogP contribution in [0.4, 0.5) is 0 Å². The summed E-state index contributed by atoms with van der Waals surface area (Å²) in [6.07, 6.45) is 0.561. The molecule has 0 radical (unpaired) electrons. The monoisotopic (exact) mass is 276 g/mol. The Bertz CT molecular complexity index is 554. The first kappa shape index (κ1) is 14.0. The van der Waals surface area contributed by atoms with Crippen LogP contribution >= 0.6 is 7.37 Å². The predicted octanol–water partition coefficient (Wildman–Crippen LogP) is 3.19. The molecule has 100 valence electrons. The molecule has 2 rings (SSSR count). The van der Waals surface area contributed by atoms with E-state index in [1.807, 2.05) is 36.4 Å². The smallest absolute Gasteiger partial charge is 0.232 e. The Hall–Kier alpha value is -1.41. The number of hydrogen-bond acceptors (Lipinski definition) is 2. The molecule has 3 nitrogen and oxygen atoms in total. The van der Waals surface area contributed by atoms with Gasteiger partial charge in [0.2, 0.25) is 7.37 Å². The van der Waals surface area contributed by atoms with Gasteiger partial charge in [0, 0.05) is 6.16 Å². The van der Waals surface area contributed by atoms with Crippen LogP contribution in [0.25, 0.3) is 0 Å². The number of rotatable bonds is 5. The molecule has 0 aliphatic heterocycles.